The molecule has 0 spiro atoms. The third kappa shape index (κ3) is 2.99. The standard InChI is InChI=1S/C20H23N7O/c1-25-11-16-3-4-17(12-25)27(16)20(28)24-19-6-13-5-18(15-9-23-26(2)10-15)21-7-14(13)8-22-19/h5-10,16-17H,3-4,11-12H2,1-2H3,(H,22,24,28). The van der Waals surface area contributed by atoms with E-state index in [0.29, 0.717) is 17.9 Å². The van der Waals surface area contributed by atoms with Gasteiger partial charge in [-0.05, 0) is 37.4 Å². The van der Waals surface area contributed by atoms with Crippen molar-refractivity contribution in [3.05, 3.63) is 36.9 Å². The van der Waals surface area contributed by atoms with E-state index in [0.717, 1.165) is 48.0 Å². The first-order chi connectivity index (χ1) is 13.6. The molecule has 5 heterocycles. The Balaban J connectivity index is 1.39. The number of amides is 2. The number of nitrogens with one attached hydrogen (secondary N) is 1. The minimum atomic E-state index is -0.0472. The summed E-state index contributed by atoms with van der Waals surface area (Å²) in [5, 5.41) is 9.13. The summed E-state index contributed by atoms with van der Waals surface area (Å²) in [4.78, 5) is 26.1. The third-order valence-corrected chi connectivity index (χ3v) is 5.74. The van der Waals surface area contributed by atoms with Crippen molar-refractivity contribution in [2.45, 2.75) is 24.9 Å². The fourth-order valence-electron chi connectivity index (χ4n) is 4.44. The van der Waals surface area contributed by atoms with Crippen LogP contribution in [0.25, 0.3) is 22.0 Å². The molecule has 144 valence electrons. The van der Waals surface area contributed by atoms with Gasteiger partial charge < -0.3 is 9.80 Å². The Kier molecular flexibility index (Phi) is 4.01. The lowest BCUT2D eigenvalue weighted by atomic mass is 10.1. The van der Waals surface area contributed by atoms with E-state index in [-0.39, 0.29) is 6.03 Å². The molecule has 2 saturated heterocycles. The largest absolute Gasteiger partial charge is 0.323 e. The van der Waals surface area contributed by atoms with Gasteiger partial charge in [-0.1, -0.05) is 0 Å². The van der Waals surface area contributed by atoms with E-state index in [1.54, 1.807) is 23.3 Å². The maximum Gasteiger partial charge on any atom is 0.323 e. The monoisotopic (exact) mass is 377 g/mol. The summed E-state index contributed by atoms with van der Waals surface area (Å²) >= 11 is 0. The van der Waals surface area contributed by atoms with Gasteiger partial charge in [-0.3, -0.25) is 15.0 Å². The first kappa shape index (κ1) is 17.1. The van der Waals surface area contributed by atoms with Crippen LogP contribution in [-0.2, 0) is 7.05 Å². The molecule has 3 aromatic heterocycles. The average molecular weight is 377 g/mol. The zero-order chi connectivity index (χ0) is 19.3. The summed E-state index contributed by atoms with van der Waals surface area (Å²) in [7, 11) is 4.01. The molecule has 1 N–H and O–H groups in total. The third-order valence-electron chi connectivity index (χ3n) is 5.74. The van der Waals surface area contributed by atoms with E-state index < -0.39 is 0 Å². The Morgan fingerprint density at radius 2 is 1.79 bits per heavy atom. The fraction of sp³-hybridized carbons (Fsp3) is 0.400. The first-order valence-electron chi connectivity index (χ1n) is 9.59. The van der Waals surface area contributed by atoms with Gasteiger partial charge in [-0.15, -0.1) is 0 Å². The van der Waals surface area contributed by atoms with Crippen molar-refractivity contribution >= 4 is 22.6 Å². The van der Waals surface area contributed by atoms with E-state index >= 15 is 0 Å². The van der Waals surface area contributed by atoms with Crippen LogP contribution in [0.1, 0.15) is 12.8 Å². The molecule has 0 saturated carbocycles. The maximum absolute atomic E-state index is 12.9. The topological polar surface area (TPSA) is 79.2 Å². The molecule has 5 rings (SSSR count). The van der Waals surface area contributed by atoms with Gasteiger partial charge in [0.05, 0.1) is 11.9 Å². The molecule has 2 fully saturated rings. The summed E-state index contributed by atoms with van der Waals surface area (Å²) in [5.74, 6) is 0.569. The summed E-state index contributed by atoms with van der Waals surface area (Å²) in [6.07, 6.45) is 9.43. The Labute approximate surface area is 163 Å². The van der Waals surface area contributed by atoms with Gasteiger partial charge in [-0.25, -0.2) is 9.78 Å². The molecule has 2 atom stereocenters. The molecular formula is C20H23N7O. The Morgan fingerprint density at radius 1 is 1.04 bits per heavy atom. The second-order valence-corrected chi connectivity index (χ2v) is 7.83. The average Bonchev–Trinajstić information content (AvgIpc) is 3.22. The van der Waals surface area contributed by atoms with E-state index in [1.807, 2.05) is 30.3 Å². The zero-order valence-electron chi connectivity index (χ0n) is 16.0. The van der Waals surface area contributed by atoms with Crippen LogP contribution in [0.4, 0.5) is 10.6 Å². The Morgan fingerprint density at radius 3 is 2.50 bits per heavy atom. The van der Waals surface area contributed by atoms with Crippen molar-refractivity contribution in [2.75, 3.05) is 25.5 Å². The van der Waals surface area contributed by atoms with Crippen LogP contribution >= 0.6 is 0 Å². The number of aromatic nitrogens is 4. The van der Waals surface area contributed by atoms with E-state index in [1.165, 1.54) is 0 Å². The van der Waals surface area contributed by atoms with Crippen LogP contribution in [0, 0.1) is 0 Å². The van der Waals surface area contributed by atoms with Gasteiger partial charge in [0.15, 0.2) is 0 Å². The lowest BCUT2D eigenvalue weighted by Gasteiger charge is -2.39. The zero-order valence-corrected chi connectivity index (χ0v) is 16.0. The molecule has 2 aliphatic rings. The molecule has 28 heavy (non-hydrogen) atoms. The predicted octanol–water partition coefficient (Wildman–Crippen LogP) is 2.34. The number of pyridine rings is 2. The van der Waals surface area contributed by atoms with E-state index in [2.05, 4.69) is 32.3 Å². The van der Waals surface area contributed by atoms with Crippen molar-refractivity contribution < 1.29 is 4.79 Å². The molecule has 0 aliphatic carbocycles. The molecule has 2 bridgehead atoms. The number of carbonyl (C=O) groups excluding carboxylic acids is 1. The molecule has 3 aromatic rings. The second kappa shape index (κ2) is 6.56. The number of urea groups is 1. The van der Waals surface area contributed by atoms with Crippen LogP contribution in [0.2, 0.25) is 0 Å². The Hall–Kier alpha value is -3.00. The number of hydrogen-bond donors (Lipinski definition) is 1. The highest BCUT2D eigenvalue weighted by atomic mass is 16.2. The van der Waals surface area contributed by atoms with E-state index in [9.17, 15) is 4.79 Å². The quantitative estimate of drug-likeness (QED) is 0.742. The lowest BCUT2D eigenvalue weighted by molar-refractivity contribution is 0.111. The fourth-order valence-corrected chi connectivity index (χ4v) is 4.44. The number of likely N-dealkylation sites (tertiary alicyclic amines) is 1. The summed E-state index contributed by atoms with van der Waals surface area (Å²) in [6.45, 7) is 1.88. The molecule has 8 heteroatoms. The van der Waals surface area contributed by atoms with Crippen molar-refractivity contribution in [1.29, 1.82) is 0 Å². The molecule has 2 unspecified atom stereocenters. The van der Waals surface area contributed by atoms with Crippen LogP contribution in [0.3, 0.4) is 0 Å². The molecule has 0 aromatic carbocycles. The number of fused-ring (bicyclic) bond motifs is 3. The van der Waals surface area contributed by atoms with Crippen molar-refractivity contribution in [1.82, 2.24) is 29.5 Å². The van der Waals surface area contributed by atoms with E-state index in [4.69, 9.17) is 0 Å². The maximum atomic E-state index is 12.9. The number of hydrogen-bond acceptors (Lipinski definition) is 5. The minimum Gasteiger partial charge on any atom is -0.316 e. The highest BCUT2D eigenvalue weighted by Gasteiger charge is 2.41. The van der Waals surface area contributed by atoms with Gasteiger partial charge in [-0.2, -0.15) is 5.10 Å². The summed E-state index contributed by atoms with van der Waals surface area (Å²) in [6, 6.07) is 4.46. The highest BCUT2D eigenvalue weighted by molar-refractivity contribution is 5.93. The van der Waals surface area contributed by atoms with Crippen LogP contribution in [0.5, 0.6) is 0 Å². The number of carbonyl (C=O) groups is 1. The number of aryl methyl sites for hydroxylation is 1. The van der Waals surface area contributed by atoms with Crippen molar-refractivity contribution in [2.24, 2.45) is 7.05 Å². The van der Waals surface area contributed by atoms with Crippen LogP contribution in [0.15, 0.2) is 36.9 Å². The van der Waals surface area contributed by atoms with Gasteiger partial charge in [0, 0.05) is 61.8 Å². The second-order valence-electron chi connectivity index (χ2n) is 7.83. The van der Waals surface area contributed by atoms with Gasteiger partial charge in [0.25, 0.3) is 0 Å². The number of piperazine rings is 1. The smallest absolute Gasteiger partial charge is 0.316 e. The number of nitrogens with zero attached hydrogens (tertiary/aromatic N) is 6. The number of rotatable bonds is 2. The molecule has 2 amide bonds. The molecule has 0 radical (unpaired) electrons. The minimum absolute atomic E-state index is 0.0472. The molecular weight excluding hydrogens is 354 g/mol. The lowest BCUT2D eigenvalue weighted by Crippen LogP contribution is -2.55. The van der Waals surface area contributed by atoms with Crippen LogP contribution in [-0.4, -0.2) is 67.8 Å². The molecule has 2 aliphatic heterocycles. The normalized spacial score (nSPS) is 22.0. The summed E-state index contributed by atoms with van der Waals surface area (Å²) in [5.41, 5.74) is 1.81. The number of anilines is 1. The van der Waals surface area contributed by atoms with Gasteiger partial charge in [0.2, 0.25) is 0 Å². The van der Waals surface area contributed by atoms with Crippen LogP contribution < -0.4 is 5.32 Å². The Bertz CT molecular complexity index is 1030. The SMILES string of the molecule is CN1CC2CCC(C1)N2C(=O)Nc1cc2cc(-c3cnn(C)c3)ncc2cn1. The van der Waals surface area contributed by atoms with Crippen molar-refractivity contribution in [3.63, 3.8) is 0 Å². The predicted molar refractivity (Wildman–Crippen MR) is 107 cm³/mol. The van der Waals surface area contributed by atoms with Gasteiger partial charge >= 0.3 is 6.03 Å². The number of likely N-dealkylation sites (N-methyl/N-ethyl adjacent to an activating group) is 1. The van der Waals surface area contributed by atoms with Gasteiger partial charge in [0.1, 0.15) is 5.82 Å². The van der Waals surface area contributed by atoms with Crippen molar-refractivity contribution in [3.8, 4) is 11.3 Å². The summed E-state index contributed by atoms with van der Waals surface area (Å²) < 4.78 is 1.75. The highest BCUT2D eigenvalue weighted by Crippen LogP contribution is 2.30. The molecule has 8 nitrogen and oxygen atoms in total. The first-order valence-corrected chi connectivity index (χ1v) is 9.59.